The number of rotatable bonds is 6. The monoisotopic (exact) mass is 418 g/mol. The number of hydrogen-bond acceptors (Lipinski definition) is 4. The van der Waals surface area contributed by atoms with Crippen LogP contribution in [0.1, 0.15) is 39.2 Å². The molecule has 1 amide bonds. The first kappa shape index (κ1) is 22.0. The number of aryl methyl sites for hydroxylation is 4. The number of amides is 1. The third kappa shape index (κ3) is 4.71. The molecule has 0 fully saturated rings. The minimum Gasteiger partial charge on any atom is -0.317 e. The fourth-order valence-corrected chi connectivity index (χ4v) is 4.01. The minimum atomic E-state index is -0.490. The van der Waals surface area contributed by atoms with Crippen molar-refractivity contribution in [2.45, 2.75) is 41.0 Å². The average molecular weight is 418 g/mol. The van der Waals surface area contributed by atoms with Gasteiger partial charge in [-0.3, -0.25) is 14.9 Å². The van der Waals surface area contributed by atoms with Crippen LogP contribution in [-0.4, -0.2) is 21.6 Å². The number of carbonyl (C=O) groups excluding carboxylic acids is 1. The molecule has 0 radical (unpaired) electrons. The number of nitro benzene ring substituents is 1. The molecule has 0 aliphatic rings. The van der Waals surface area contributed by atoms with E-state index in [1.165, 1.54) is 22.8 Å². The first-order valence-electron chi connectivity index (χ1n) is 10.0. The molecule has 1 heterocycles. The van der Waals surface area contributed by atoms with Crippen molar-refractivity contribution in [2.24, 2.45) is 5.10 Å². The SMILES string of the molecule is Cc1cc(C)c(-n2c(C)cc(C=NNC(=O)Cc3ccccc3[N+](=O)[O-])c2C)c(C)c1. The first-order valence-corrected chi connectivity index (χ1v) is 10.0. The van der Waals surface area contributed by atoms with Crippen molar-refractivity contribution >= 4 is 17.8 Å². The largest absolute Gasteiger partial charge is 0.317 e. The van der Waals surface area contributed by atoms with Crippen molar-refractivity contribution in [2.75, 3.05) is 0 Å². The van der Waals surface area contributed by atoms with Crippen molar-refractivity contribution in [3.63, 3.8) is 0 Å². The van der Waals surface area contributed by atoms with Crippen molar-refractivity contribution in [1.82, 2.24) is 9.99 Å². The Morgan fingerprint density at radius 3 is 2.39 bits per heavy atom. The van der Waals surface area contributed by atoms with Crippen LogP contribution in [0.4, 0.5) is 5.69 Å². The van der Waals surface area contributed by atoms with Gasteiger partial charge in [-0.15, -0.1) is 0 Å². The Kier molecular flexibility index (Phi) is 6.34. The van der Waals surface area contributed by atoms with Crippen LogP contribution in [0.5, 0.6) is 0 Å². The van der Waals surface area contributed by atoms with E-state index in [4.69, 9.17) is 0 Å². The predicted molar refractivity (Wildman–Crippen MR) is 122 cm³/mol. The third-order valence-corrected chi connectivity index (χ3v) is 5.26. The van der Waals surface area contributed by atoms with Crippen LogP contribution < -0.4 is 5.43 Å². The molecule has 7 heteroatoms. The van der Waals surface area contributed by atoms with Gasteiger partial charge in [-0.25, -0.2) is 5.43 Å². The topological polar surface area (TPSA) is 89.5 Å². The standard InChI is InChI=1S/C24H26N4O3/c1-15-10-16(2)24(17(3)11-15)27-18(4)12-21(19(27)5)14-25-26-23(29)13-20-8-6-7-9-22(20)28(30)31/h6-12,14H,13H2,1-5H3,(H,26,29). The Balaban J connectivity index is 1.78. The lowest BCUT2D eigenvalue weighted by atomic mass is 10.0. The van der Waals surface area contributed by atoms with Crippen LogP contribution in [0.25, 0.3) is 5.69 Å². The van der Waals surface area contributed by atoms with E-state index in [2.05, 4.69) is 48.0 Å². The maximum absolute atomic E-state index is 12.2. The number of nitrogens with one attached hydrogen (secondary N) is 1. The highest BCUT2D eigenvalue weighted by Gasteiger charge is 2.16. The number of nitrogens with zero attached hydrogens (tertiary/aromatic N) is 3. The van der Waals surface area contributed by atoms with E-state index in [9.17, 15) is 14.9 Å². The van der Waals surface area contributed by atoms with Crippen LogP contribution >= 0.6 is 0 Å². The fraction of sp³-hybridized carbons (Fsp3) is 0.250. The Labute approximate surface area is 181 Å². The molecular formula is C24H26N4O3. The first-order chi connectivity index (χ1) is 14.7. The third-order valence-electron chi connectivity index (χ3n) is 5.26. The maximum Gasteiger partial charge on any atom is 0.273 e. The molecule has 0 saturated carbocycles. The second kappa shape index (κ2) is 8.95. The highest BCUT2D eigenvalue weighted by atomic mass is 16.6. The molecule has 0 saturated heterocycles. The van der Waals surface area contributed by atoms with Gasteiger partial charge in [0.2, 0.25) is 5.91 Å². The number of carbonyl (C=O) groups is 1. The molecule has 0 aliphatic heterocycles. The van der Waals surface area contributed by atoms with E-state index in [1.807, 2.05) is 19.9 Å². The molecule has 0 bridgehead atoms. The Hall–Kier alpha value is -3.74. The smallest absolute Gasteiger partial charge is 0.273 e. The Bertz CT molecular complexity index is 1170. The van der Waals surface area contributed by atoms with Crippen LogP contribution in [0, 0.1) is 44.7 Å². The number of aromatic nitrogens is 1. The van der Waals surface area contributed by atoms with E-state index >= 15 is 0 Å². The quantitative estimate of drug-likeness (QED) is 0.360. The van der Waals surface area contributed by atoms with Gasteiger partial charge in [-0.1, -0.05) is 35.9 Å². The second-order valence-corrected chi connectivity index (χ2v) is 7.76. The lowest BCUT2D eigenvalue weighted by molar-refractivity contribution is -0.385. The second-order valence-electron chi connectivity index (χ2n) is 7.76. The molecule has 0 unspecified atom stereocenters. The zero-order valence-corrected chi connectivity index (χ0v) is 18.4. The van der Waals surface area contributed by atoms with Gasteiger partial charge < -0.3 is 4.57 Å². The van der Waals surface area contributed by atoms with Crippen molar-refractivity contribution in [3.8, 4) is 5.69 Å². The Morgan fingerprint density at radius 1 is 1.10 bits per heavy atom. The molecule has 0 aliphatic carbocycles. The minimum absolute atomic E-state index is 0.0750. The van der Waals surface area contributed by atoms with Crippen LogP contribution in [0.2, 0.25) is 0 Å². The van der Waals surface area contributed by atoms with Crippen LogP contribution in [0.15, 0.2) is 47.6 Å². The van der Waals surface area contributed by atoms with Gasteiger partial charge in [0.25, 0.3) is 5.69 Å². The van der Waals surface area contributed by atoms with Crippen LogP contribution in [-0.2, 0) is 11.2 Å². The molecule has 1 aromatic heterocycles. The predicted octanol–water partition coefficient (Wildman–Crippen LogP) is 4.62. The molecular weight excluding hydrogens is 392 g/mol. The lowest BCUT2D eigenvalue weighted by Crippen LogP contribution is -2.20. The summed E-state index contributed by atoms with van der Waals surface area (Å²) in [6.07, 6.45) is 1.49. The molecule has 2 aromatic carbocycles. The lowest BCUT2D eigenvalue weighted by Gasteiger charge is -2.16. The number of nitro groups is 1. The van der Waals surface area contributed by atoms with E-state index in [1.54, 1.807) is 24.4 Å². The Morgan fingerprint density at radius 2 is 1.74 bits per heavy atom. The summed E-state index contributed by atoms with van der Waals surface area (Å²) in [4.78, 5) is 22.8. The van der Waals surface area contributed by atoms with Crippen molar-refractivity contribution in [1.29, 1.82) is 0 Å². The molecule has 160 valence electrons. The van der Waals surface area contributed by atoms with Crippen LogP contribution in [0.3, 0.4) is 0 Å². The highest BCUT2D eigenvalue weighted by molar-refractivity contribution is 5.85. The van der Waals surface area contributed by atoms with Crippen molar-refractivity contribution in [3.05, 3.63) is 91.8 Å². The highest BCUT2D eigenvalue weighted by Crippen LogP contribution is 2.26. The number of hydrazone groups is 1. The van der Waals surface area contributed by atoms with E-state index in [0.29, 0.717) is 5.56 Å². The molecule has 3 rings (SSSR count). The summed E-state index contributed by atoms with van der Waals surface area (Å²) in [5.41, 5.74) is 10.5. The number of para-hydroxylation sites is 1. The number of hydrogen-bond donors (Lipinski definition) is 1. The van der Waals surface area contributed by atoms with Gasteiger partial charge in [0.1, 0.15) is 0 Å². The molecule has 1 N–H and O–H groups in total. The summed E-state index contributed by atoms with van der Waals surface area (Å²) in [6.45, 7) is 10.3. The maximum atomic E-state index is 12.2. The summed E-state index contributed by atoms with van der Waals surface area (Å²) >= 11 is 0. The van der Waals surface area contributed by atoms with E-state index in [-0.39, 0.29) is 12.1 Å². The average Bonchev–Trinajstić information content (AvgIpc) is 2.95. The molecule has 31 heavy (non-hydrogen) atoms. The van der Waals surface area contributed by atoms with Gasteiger partial charge in [0.15, 0.2) is 0 Å². The van der Waals surface area contributed by atoms with Gasteiger partial charge in [-0.2, -0.15) is 5.10 Å². The fourth-order valence-electron chi connectivity index (χ4n) is 4.01. The zero-order valence-electron chi connectivity index (χ0n) is 18.4. The summed E-state index contributed by atoms with van der Waals surface area (Å²) in [5, 5.41) is 15.2. The zero-order chi connectivity index (χ0) is 22.7. The summed E-state index contributed by atoms with van der Waals surface area (Å²) < 4.78 is 2.20. The molecule has 0 atom stereocenters. The molecule has 0 spiro atoms. The van der Waals surface area contributed by atoms with Gasteiger partial charge in [-0.05, 0) is 51.8 Å². The molecule has 7 nitrogen and oxygen atoms in total. The summed E-state index contributed by atoms with van der Waals surface area (Å²) in [7, 11) is 0. The summed E-state index contributed by atoms with van der Waals surface area (Å²) in [6, 6.07) is 12.5. The van der Waals surface area contributed by atoms with Crippen molar-refractivity contribution < 1.29 is 9.72 Å². The van der Waals surface area contributed by atoms with Gasteiger partial charge >= 0.3 is 0 Å². The molecule has 3 aromatic rings. The number of benzene rings is 2. The summed E-state index contributed by atoms with van der Waals surface area (Å²) in [5.74, 6) is -0.412. The normalized spacial score (nSPS) is 11.1. The van der Waals surface area contributed by atoms with Gasteiger partial charge in [0.05, 0.1) is 23.2 Å². The van der Waals surface area contributed by atoms with E-state index in [0.717, 1.165) is 22.6 Å². The van der Waals surface area contributed by atoms with E-state index < -0.39 is 10.8 Å². The van der Waals surface area contributed by atoms with Gasteiger partial charge in [0, 0.05) is 28.6 Å².